The summed E-state index contributed by atoms with van der Waals surface area (Å²) >= 11 is 53.4. The van der Waals surface area contributed by atoms with Crippen molar-refractivity contribution >= 4 is 139 Å². The second-order valence-electron chi connectivity index (χ2n) is 35.9. The van der Waals surface area contributed by atoms with Crippen LogP contribution in [0.25, 0.3) is 45.0 Å². The van der Waals surface area contributed by atoms with Crippen molar-refractivity contribution < 1.29 is 56.9 Å². The molecule has 12 aromatic rings. The second-order valence-corrected chi connectivity index (χ2v) is 38.9. The lowest BCUT2D eigenvalue weighted by molar-refractivity contribution is -0.384. The number of amides is 1. The number of halogens is 9. The number of carbonyl (C=O) groups excluding carboxylic acids is 1. The lowest BCUT2D eigenvalue weighted by Crippen LogP contribution is -2.28. The lowest BCUT2D eigenvalue weighted by Gasteiger charge is -2.26. The van der Waals surface area contributed by atoms with Crippen molar-refractivity contribution in [2.75, 3.05) is 185 Å². The maximum Gasteiger partial charge on any atom is 0.279 e. The van der Waals surface area contributed by atoms with Gasteiger partial charge in [0.1, 0.15) is 63.2 Å². The number of aromatic nitrogens is 8. The van der Waals surface area contributed by atoms with Crippen molar-refractivity contribution in [3.63, 3.8) is 0 Å². The minimum absolute atomic E-state index is 0.00304. The fourth-order valence-electron chi connectivity index (χ4n) is 18.6. The Morgan fingerprint density at radius 2 is 0.662 bits per heavy atom. The van der Waals surface area contributed by atoms with E-state index in [1.54, 1.807) is 79.1 Å². The van der Waals surface area contributed by atoms with Crippen LogP contribution in [-0.4, -0.2) is 231 Å². The Morgan fingerprint density at radius 3 is 0.951 bits per heavy atom. The summed E-state index contributed by atoms with van der Waals surface area (Å²) in [6.07, 6.45) is 9.72. The van der Waals surface area contributed by atoms with E-state index >= 15 is 0 Å². The van der Waals surface area contributed by atoms with Gasteiger partial charge in [0, 0.05) is 198 Å². The van der Waals surface area contributed by atoms with Gasteiger partial charge in [0.2, 0.25) is 5.91 Å². The fraction of sp³-hybridized carbons (Fsp3) is 0.382. The number of aromatic amines is 4. The van der Waals surface area contributed by atoms with Gasteiger partial charge in [-0.2, -0.15) is 20.4 Å². The van der Waals surface area contributed by atoms with Crippen molar-refractivity contribution in [2.24, 2.45) is 0 Å². The molecule has 4 aromatic heterocycles. The first-order valence-corrected chi connectivity index (χ1v) is 48.9. The molecule has 4 atom stereocenters. The van der Waals surface area contributed by atoms with Gasteiger partial charge in [-0.3, -0.25) is 45.4 Å². The van der Waals surface area contributed by atoms with Gasteiger partial charge in [-0.1, -0.05) is 99.4 Å². The Bertz CT molecular complexity index is 6520. The first kappa shape index (κ1) is 108. The SMILES string of the molecule is C=CC(=O)Nc1ccc(N(C)CCN(C)C)cc1-c1n[nH]c2c1CCC(c1c(Cl)c(OC)cc(OC)c1Cl)C2.COc1cc(OC)c(Cl)c(C2CCc3c(-c4cc(F)ccc4[N+](=O)[O-])n[nH]c3C2)c1Cl.COc1cc(OC)c(Cl)c(C2CCc3c(-c4cc(N(C)CCN(C)C)ccc4N)n[nH]c3C2)c1Cl.COc1cc(OC)c(Cl)c(C2CCc3c(-c4cc(N(C)CCN(C)C)ccc4[N+](=O)[O-])n[nH]c3C2)c1Cl. The third-order valence-electron chi connectivity index (χ3n) is 26.5. The number of carbonyl (C=O) groups is 1. The number of nitrogens with one attached hydrogen (secondary N) is 5. The largest absolute Gasteiger partial charge is 0.495 e. The summed E-state index contributed by atoms with van der Waals surface area (Å²) in [5, 5.41) is 61.0. The molecule has 0 fully saturated rings. The minimum Gasteiger partial charge on any atom is -0.495 e. The number of fused-ring (bicyclic) bond motifs is 4. The van der Waals surface area contributed by atoms with Gasteiger partial charge in [0.15, 0.2) is 0 Å². The minimum atomic E-state index is -0.562. The summed E-state index contributed by atoms with van der Waals surface area (Å²) < 4.78 is 57.3. The van der Waals surface area contributed by atoms with Crippen LogP contribution in [0.1, 0.15) is 117 Å². The summed E-state index contributed by atoms with van der Waals surface area (Å²) in [5.41, 5.74) is 27.0. The molecule has 4 aliphatic carbocycles. The number of nitrogens with two attached hydrogens (primary N) is 1. The van der Waals surface area contributed by atoms with Crippen LogP contribution in [0.5, 0.6) is 46.0 Å². The van der Waals surface area contributed by atoms with Crippen LogP contribution in [0.3, 0.4) is 0 Å². The summed E-state index contributed by atoms with van der Waals surface area (Å²) in [6.45, 7) is 8.91. The van der Waals surface area contributed by atoms with Gasteiger partial charge >= 0.3 is 0 Å². The average molecular weight is 2110 g/mol. The smallest absolute Gasteiger partial charge is 0.279 e. The molecule has 142 heavy (non-hydrogen) atoms. The average Bonchev–Trinajstić information content (AvgIpc) is 1.57. The van der Waals surface area contributed by atoms with E-state index in [1.807, 2.05) is 45.4 Å². The monoisotopic (exact) mass is 2100 g/mol. The highest BCUT2D eigenvalue weighted by Crippen LogP contribution is 2.55. The van der Waals surface area contributed by atoms with Gasteiger partial charge in [0.05, 0.1) is 135 Å². The van der Waals surface area contributed by atoms with E-state index in [0.717, 1.165) is 203 Å². The Kier molecular flexibility index (Phi) is 36.1. The molecule has 1 amide bonds. The molecule has 0 radical (unpaired) electrons. The van der Waals surface area contributed by atoms with Gasteiger partial charge in [0.25, 0.3) is 11.4 Å². The lowest BCUT2D eigenvalue weighted by atomic mass is 9.81. The van der Waals surface area contributed by atoms with E-state index in [2.05, 4.69) is 132 Å². The van der Waals surface area contributed by atoms with Crippen LogP contribution in [0.2, 0.25) is 40.2 Å². The normalized spacial score (nSPS) is 15.0. The van der Waals surface area contributed by atoms with Gasteiger partial charge in [-0.25, -0.2) is 4.39 Å². The van der Waals surface area contributed by atoms with Crippen molar-refractivity contribution in [3.8, 4) is 91.0 Å². The zero-order valence-electron chi connectivity index (χ0n) is 82.2. The van der Waals surface area contributed by atoms with Crippen LogP contribution < -0.4 is 63.6 Å². The maximum absolute atomic E-state index is 13.8. The van der Waals surface area contributed by atoms with Crippen molar-refractivity contribution in [1.82, 2.24) is 55.5 Å². The summed E-state index contributed by atoms with van der Waals surface area (Å²) in [4.78, 5) is 47.6. The van der Waals surface area contributed by atoms with Crippen molar-refractivity contribution in [1.29, 1.82) is 0 Å². The Hall–Kier alpha value is -11.7. The molecular formula is C102H117Cl8FN18O13. The number of hydrogen-bond acceptors (Lipinski definition) is 24. The number of nitrogens with zero attached hydrogens (tertiary/aromatic N) is 12. The number of rotatable bonds is 32. The quantitative estimate of drug-likeness (QED) is 0.00987. The third-order valence-corrected chi connectivity index (χ3v) is 29.6. The molecule has 0 bridgehead atoms. The fourth-order valence-corrected chi connectivity index (χ4v) is 21.8. The number of nitro groups is 2. The first-order chi connectivity index (χ1) is 67.9. The first-order valence-electron chi connectivity index (χ1n) is 45.9. The highest BCUT2D eigenvalue weighted by molar-refractivity contribution is 6.40. The number of ether oxygens (including phenoxy) is 8. The molecule has 0 spiro atoms. The van der Waals surface area contributed by atoms with Crippen LogP contribution in [0.4, 0.5) is 44.2 Å². The van der Waals surface area contributed by atoms with Crippen LogP contribution >= 0.6 is 92.8 Å². The molecule has 0 saturated carbocycles. The predicted molar refractivity (Wildman–Crippen MR) is 565 cm³/mol. The predicted octanol–water partition coefficient (Wildman–Crippen LogP) is 22.3. The molecule has 16 rings (SSSR count). The number of nitro benzene ring substituents is 2. The Balaban J connectivity index is 0.000000160. The molecule has 7 N–H and O–H groups in total. The van der Waals surface area contributed by atoms with E-state index in [4.69, 9.17) is 147 Å². The molecule has 4 aliphatic rings. The van der Waals surface area contributed by atoms with E-state index < -0.39 is 10.7 Å². The number of anilines is 5. The van der Waals surface area contributed by atoms with E-state index in [1.165, 1.54) is 25.9 Å². The third kappa shape index (κ3) is 23.5. The molecule has 8 aromatic carbocycles. The summed E-state index contributed by atoms with van der Waals surface area (Å²) in [5.74, 6) is 3.38. The molecular weight excluding hydrogens is 1990 g/mol. The highest BCUT2D eigenvalue weighted by atomic mass is 35.5. The number of nitrogen functional groups attached to an aromatic ring is 1. The van der Waals surface area contributed by atoms with Gasteiger partial charge in [-0.05, 0) is 210 Å². The molecule has 0 aliphatic heterocycles. The molecule has 0 saturated heterocycles. The Morgan fingerprint density at radius 1 is 0.401 bits per heavy atom. The van der Waals surface area contributed by atoms with E-state index in [0.29, 0.717) is 147 Å². The number of methoxy groups -OCH3 is 8. The molecule has 756 valence electrons. The molecule has 4 heterocycles. The Labute approximate surface area is 865 Å². The second kappa shape index (κ2) is 47.7. The number of likely N-dealkylation sites (N-methyl/N-ethyl adjacent to an activating group) is 6. The van der Waals surface area contributed by atoms with Crippen molar-refractivity contribution in [2.45, 2.75) is 101 Å². The van der Waals surface area contributed by atoms with Crippen LogP contribution in [-0.2, 0) is 56.2 Å². The van der Waals surface area contributed by atoms with Crippen molar-refractivity contribution in [3.05, 3.63) is 243 Å². The molecule has 31 nitrogen and oxygen atoms in total. The topological polar surface area (TPSA) is 349 Å². The number of H-pyrrole nitrogens is 4. The van der Waals surface area contributed by atoms with E-state index in [-0.39, 0.29) is 51.4 Å². The highest BCUT2D eigenvalue weighted by Gasteiger charge is 2.39. The van der Waals surface area contributed by atoms with Gasteiger partial charge < -0.3 is 78.3 Å². The zero-order chi connectivity index (χ0) is 103. The molecule has 4 unspecified atom stereocenters. The van der Waals surface area contributed by atoms with Crippen LogP contribution in [0.15, 0.2) is 110 Å². The number of benzene rings is 8. The zero-order valence-corrected chi connectivity index (χ0v) is 88.3. The summed E-state index contributed by atoms with van der Waals surface area (Å²) in [6, 6.07) is 27.5. The summed E-state index contributed by atoms with van der Waals surface area (Å²) in [7, 11) is 30.9. The molecule has 40 heteroatoms. The maximum atomic E-state index is 13.8. The van der Waals surface area contributed by atoms with E-state index in [9.17, 15) is 29.4 Å². The standard InChI is InChI=1S/C29H35Cl2N5O3.C26H31Cl2N5O4.C26H33Cl2N5O2.C21H18Cl2FN3O4/c1-7-25(37)32-21-11-9-18(36(4)13-12-35(2)3)15-20(21)29-19-10-8-17(14-22(19)33-34-29)26-27(30)23(38-5)16-24(39-6)28(26)31;1-31(2)10-11-32(3)16-7-9-20(33(34)35)18(13-16)26-17-8-6-15(12-19(17)29-30-26)23-24(27)21(36-4)14-22(37-5)25(23)28;1-32(2)10-11-33(3)16-7-9-19(29)18(13-16)26-17-8-6-15(12-20(17)30-31-26)23-24(27)21(34-4)14-22(35-5)25(23)28;1-30-16-9-17(31-2)20(23)18(19(16)22)10-3-5-12-14(7-10)25-26-21(12)13-8-11(24)4-6-15(13)27(28)29/h7,9,11,15-17H,1,8,10,12-14H2,2-6H3,(H,32,37)(H,33,34);7,9,13-15H,6,8,10-12H2,1-5H3,(H,29,30);7,9,13-15H,6,8,10-12,29H2,1-5H3,(H,30,31);4,6,8-10H,3,5,7H2,1-2H3,(H,25,26). The van der Waals surface area contributed by atoms with Crippen LogP contribution in [0, 0.1) is 26.0 Å². The number of hydrogen-bond donors (Lipinski definition) is 6. The van der Waals surface area contributed by atoms with Gasteiger partial charge in [-0.15, -0.1) is 0 Å².